The Kier molecular flexibility index (Phi) is 5.93. The zero-order valence-corrected chi connectivity index (χ0v) is 18.1. The Bertz CT molecular complexity index is 1390. The number of aromatic nitrogens is 4. The molecule has 164 valence electrons. The molecule has 7 nitrogen and oxygen atoms in total. The van der Waals surface area contributed by atoms with Crippen molar-refractivity contribution in [2.45, 2.75) is 13.0 Å². The Morgan fingerprint density at radius 3 is 2.58 bits per heavy atom. The molecule has 0 fully saturated rings. The van der Waals surface area contributed by atoms with Crippen LogP contribution in [-0.4, -0.2) is 38.7 Å². The summed E-state index contributed by atoms with van der Waals surface area (Å²) in [7, 11) is 0. The number of carbonyl (C=O) groups excluding carboxylic acids is 1. The molecule has 0 spiro atoms. The van der Waals surface area contributed by atoms with E-state index in [2.05, 4.69) is 37.8 Å². The second-order valence-corrected chi connectivity index (χ2v) is 7.77. The molecule has 2 aromatic heterocycles. The Hall–Kier alpha value is -4.26. The topological polar surface area (TPSA) is 84.7 Å². The average molecular weight is 437 g/mol. The number of hydrogen-bond acceptors (Lipinski definition) is 5. The lowest BCUT2D eigenvalue weighted by molar-refractivity contribution is 0.0953. The predicted octanol–water partition coefficient (Wildman–Crippen LogP) is 4.06. The minimum Gasteiger partial charge on any atom is -0.369 e. The van der Waals surface area contributed by atoms with Gasteiger partial charge in [0.05, 0.1) is 18.1 Å². The largest absolute Gasteiger partial charge is 0.369 e. The van der Waals surface area contributed by atoms with Crippen LogP contribution in [0.15, 0.2) is 85.3 Å². The normalized spacial score (nSPS) is 11.0. The summed E-state index contributed by atoms with van der Waals surface area (Å²) in [6, 6.07) is 24.0. The highest BCUT2D eigenvalue weighted by molar-refractivity contribution is 6.07. The van der Waals surface area contributed by atoms with Gasteiger partial charge in [-0.3, -0.25) is 4.79 Å². The smallest absolute Gasteiger partial charge is 0.251 e. The van der Waals surface area contributed by atoms with Gasteiger partial charge in [0.15, 0.2) is 5.65 Å². The fraction of sp³-hybridized carbons (Fsp3) is 0.154. The molecule has 0 bridgehead atoms. The second-order valence-electron chi connectivity index (χ2n) is 7.77. The van der Waals surface area contributed by atoms with Gasteiger partial charge in [0, 0.05) is 18.7 Å². The number of rotatable bonds is 8. The van der Waals surface area contributed by atoms with Gasteiger partial charge < -0.3 is 10.6 Å². The van der Waals surface area contributed by atoms with E-state index in [-0.39, 0.29) is 5.91 Å². The number of nitrogens with one attached hydrogen (secondary N) is 2. The standard InChI is InChI=1S/C26H24N6O/c33-26(22-12-6-10-20-9-4-5-11-21(20)22)28-15-16-32-25-23(17-31-32)24(29-18-30-25)27-14-13-19-7-2-1-3-8-19/h1-12,17-18H,13-16H2,(H,28,33)(H,27,29,30). The van der Waals surface area contributed by atoms with Gasteiger partial charge in [0.2, 0.25) is 0 Å². The van der Waals surface area contributed by atoms with Gasteiger partial charge in [-0.1, -0.05) is 66.7 Å². The molecular formula is C26H24N6O. The minimum absolute atomic E-state index is 0.0962. The summed E-state index contributed by atoms with van der Waals surface area (Å²) in [5.74, 6) is 0.670. The van der Waals surface area contributed by atoms with Gasteiger partial charge in [-0.2, -0.15) is 5.10 Å². The first kappa shape index (κ1) is 20.6. The van der Waals surface area contributed by atoms with E-state index in [9.17, 15) is 4.79 Å². The third-order valence-corrected chi connectivity index (χ3v) is 5.63. The van der Waals surface area contributed by atoms with Crippen LogP contribution in [0, 0.1) is 0 Å². The number of anilines is 1. The highest BCUT2D eigenvalue weighted by atomic mass is 16.1. The zero-order valence-electron chi connectivity index (χ0n) is 18.1. The molecule has 5 rings (SSSR count). The predicted molar refractivity (Wildman–Crippen MR) is 130 cm³/mol. The van der Waals surface area contributed by atoms with Crippen molar-refractivity contribution >= 4 is 33.5 Å². The van der Waals surface area contributed by atoms with Crippen LogP contribution in [-0.2, 0) is 13.0 Å². The van der Waals surface area contributed by atoms with Crippen molar-refractivity contribution in [1.82, 2.24) is 25.1 Å². The van der Waals surface area contributed by atoms with E-state index in [0.717, 1.165) is 40.6 Å². The van der Waals surface area contributed by atoms with E-state index in [1.54, 1.807) is 17.2 Å². The van der Waals surface area contributed by atoms with E-state index in [0.29, 0.717) is 18.7 Å². The van der Waals surface area contributed by atoms with Gasteiger partial charge in [0.1, 0.15) is 12.1 Å². The molecule has 2 heterocycles. The lowest BCUT2D eigenvalue weighted by atomic mass is 10.0. The molecule has 0 saturated carbocycles. The second kappa shape index (κ2) is 9.48. The molecule has 0 saturated heterocycles. The van der Waals surface area contributed by atoms with Crippen molar-refractivity contribution < 1.29 is 4.79 Å². The number of amides is 1. The molecular weight excluding hydrogens is 412 g/mol. The molecule has 0 atom stereocenters. The highest BCUT2D eigenvalue weighted by Gasteiger charge is 2.12. The highest BCUT2D eigenvalue weighted by Crippen LogP contribution is 2.19. The monoisotopic (exact) mass is 436 g/mol. The third kappa shape index (κ3) is 4.52. The molecule has 1 amide bonds. The molecule has 3 aromatic carbocycles. The molecule has 0 unspecified atom stereocenters. The van der Waals surface area contributed by atoms with Crippen molar-refractivity contribution in [2.24, 2.45) is 0 Å². The van der Waals surface area contributed by atoms with Crippen LogP contribution in [0.4, 0.5) is 5.82 Å². The van der Waals surface area contributed by atoms with Gasteiger partial charge in [-0.25, -0.2) is 14.6 Å². The van der Waals surface area contributed by atoms with E-state index < -0.39 is 0 Å². The van der Waals surface area contributed by atoms with E-state index >= 15 is 0 Å². The molecule has 7 heteroatoms. The van der Waals surface area contributed by atoms with Crippen molar-refractivity contribution in [3.8, 4) is 0 Å². The summed E-state index contributed by atoms with van der Waals surface area (Å²) in [6.45, 7) is 1.72. The summed E-state index contributed by atoms with van der Waals surface area (Å²) >= 11 is 0. The zero-order chi connectivity index (χ0) is 22.5. The number of nitrogens with zero attached hydrogens (tertiary/aromatic N) is 4. The Morgan fingerprint density at radius 2 is 1.67 bits per heavy atom. The maximum Gasteiger partial charge on any atom is 0.251 e. The summed E-state index contributed by atoms with van der Waals surface area (Å²) in [5.41, 5.74) is 2.69. The van der Waals surface area contributed by atoms with Crippen LogP contribution in [0.2, 0.25) is 0 Å². The molecule has 5 aromatic rings. The van der Waals surface area contributed by atoms with Crippen LogP contribution < -0.4 is 10.6 Å². The lowest BCUT2D eigenvalue weighted by Crippen LogP contribution is -2.27. The summed E-state index contributed by atoms with van der Waals surface area (Å²) in [5, 5.41) is 13.7. The van der Waals surface area contributed by atoms with Gasteiger partial charge in [-0.15, -0.1) is 0 Å². The van der Waals surface area contributed by atoms with Crippen LogP contribution in [0.1, 0.15) is 15.9 Å². The number of carbonyl (C=O) groups is 1. The number of benzene rings is 3. The Morgan fingerprint density at radius 1 is 0.848 bits per heavy atom. The third-order valence-electron chi connectivity index (χ3n) is 5.63. The molecule has 33 heavy (non-hydrogen) atoms. The van der Waals surface area contributed by atoms with Crippen molar-refractivity contribution in [1.29, 1.82) is 0 Å². The Balaban J connectivity index is 1.22. The lowest BCUT2D eigenvalue weighted by Gasteiger charge is -2.09. The minimum atomic E-state index is -0.0962. The first-order chi connectivity index (χ1) is 16.3. The van der Waals surface area contributed by atoms with Gasteiger partial charge in [-0.05, 0) is 28.8 Å². The molecule has 0 radical (unpaired) electrons. The summed E-state index contributed by atoms with van der Waals surface area (Å²) in [4.78, 5) is 21.5. The van der Waals surface area contributed by atoms with Crippen molar-refractivity contribution in [2.75, 3.05) is 18.4 Å². The summed E-state index contributed by atoms with van der Waals surface area (Å²) < 4.78 is 1.79. The van der Waals surface area contributed by atoms with Crippen molar-refractivity contribution in [3.63, 3.8) is 0 Å². The summed E-state index contributed by atoms with van der Waals surface area (Å²) in [6.07, 6.45) is 4.22. The fourth-order valence-electron chi connectivity index (χ4n) is 3.96. The molecule has 2 N–H and O–H groups in total. The molecule has 0 aliphatic heterocycles. The average Bonchev–Trinajstić information content (AvgIpc) is 3.28. The van der Waals surface area contributed by atoms with E-state index in [4.69, 9.17) is 0 Å². The van der Waals surface area contributed by atoms with Gasteiger partial charge >= 0.3 is 0 Å². The maximum atomic E-state index is 12.8. The SMILES string of the molecule is O=C(NCCn1ncc2c(NCCc3ccccc3)ncnc21)c1cccc2ccccc12. The van der Waals surface area contributed by atoms with E-state index in [1.807, 2.05) is 60.7 Å². The van der Waals surface area contributed by atoms with Crippen LogP contribution in [0.5, 0.6) is 0 Å². The number of hydrogen-bond donors (Lipinski definition) is 2. The van der Waals surface area contributed by atoms with Gasteiger partial charge in [0.25, 0.3) is 5.91 Å². The van der Waals surface area contributed by atoms with Crippen molar-refractivity contribution in [3.05, 3.63) is 96.4 Å². The van der Waals surface area contributed by atoms with E-state index in [1.165, 1.54) is 5.56 Å². The quantitative estimate of drug-likeness (QED) is 0.383. The van der Waals surface area contributed by atoms with Crippen LogP contribution in [0.3, 0.4) is 0 Å². The first-order valence-corrected chi connectivity index (χ1v) is 11.0. The molecule has 0 aliphatic rings. The van der Waals surface area contributed by atoms with Crippen LogP contribution >= 0.6 is 0 Å². The first-order valence-electron chi connectivity index (χ1n) is 11.0. The number of fused-ring (bicyclic) bond motifs is 2. The fourth-order valence-corrected chi connectivity index (χ4v) is 3.96. The van der Waals surface area contributed by atoms with Crippen LogP contribution in [0.25, 0.3) is 21.8 Å². The Labute approximate surface area is 191 Å². The maximum absolute atomic E-state index is 12.8. The molecule has 0 aliphatic carbocycles.